The zero-order valence-electron chi connectivity index (χ0n) is 14.7. The van der Waals surface area contributed by atoms with Crippen LogP contribution in [0.3, 0.4) is 0 Å². The summed E-state index contributed by atoms with van der Waals surface area (Å²) >= 11 is 0. The van der Waals surface area contributed by atoms with Gasteiger partial charge in [0.2, 0.25) is 5.60 Å². The third kappa shape index (κ3) is 2.37. The van der Waals surface area contributed by atoms with Crippen molar-refractivity contribution in [1.29, 1.82) is 0 Å². The molecule has 1 amide bonds. The minimum atomic E-state index is -2.13. The molecule has 7 nitrogen and oxygen atoms in total. The van der Waals surface area contributed by atoms with Crippen LogP contribution in [0.2, 0.25) is 0 Å². The first kappa shape index (κ1) is 17.0. The summed E-state index contributed by atoms with van der Waals surface area (Å²) in [6.45, 7) is 1.63. The molecule has 0 aliphatic carbocycles. The number of aromatic nitrogens is 2. The highest BCUT2D eigenvalue weighted by Gasteiger charge is 2.50. The number of rotatable bonds is 3. The van der Waals surface area contributed by atoms with E-state index in [0.29, 0.717) is 22.8 Å². The van der Waals surface area contributed by atoms with Crippen molar-refractivity contribution in [3.63, 3.8) is 0 Å². The minimum Gasteiger partial charge on any atom is -0.497 e. The number of carbonyl (C=O) groups excluding carboxylic acids is 1. The first-order valence-corrected chi connectivity index (χ1v) is 8.20. The number of methoxy groups -OCH3 is 1. The molecule has 1 aliphatic rings. The van der Waals surface area contributed by atoms with Gasteiger partial charge in [-0.05, 0) is 49.4 Å². The van der Waals surface area contributed by atoms with Gasteiger partial charge >= 0.3 is 0 Å². The van der Waals surface area contributed by atoms with E-state index in [2.05, 4.69) is 10.4 Å². The molecule has 4 N–H and O–H groups in total. The molecule has 0 spiro atoms. The van der Waals surface area contributed by atoms with Gasteiger partial charge in [-0.25, -0.2) is 9.07 Å². The van der Waals surface area contributed by atoms with E-state index in [9.17, 15) is 14.3 Å². The third-order valence-corrected chi connectivity index (χ3v) is 4.72. The predicted octanol–water partition coefficient (Wildman–Crippen LogP) is 2.10. The predicted molar refractivity (Wildman–Crippen MR) is 97.3 cm³/mol. The molecule has 3 aromatic rings. The summed E-state index contributed by atoms with van der Waals surface area (Å²) in [7, 11) is 1.56. The normalized spacial score (nSPS) is 18.3. The van der Waals surface area contributed by atoms with Gasteiger partial charge in [0, 0.05) is 11.3 Å². The number of amides is 1. The first-order chi connectivity index (χ1) is 12.9. The van der Waals surface area contributed by atoms with Crippen molar-refractivity contribution >= 4 is 17.4 Å². The van der Waals surface area contributed by atoms with Crippen LogP contribution < -0.4 is 15.8 Å². The lowest BCUT2D eigenvalue weighted by Crippen LogP contribution is -2.36. The highest BCUT2D eigenvalue weighted by atomic mass is 19.1. The Balaban J connectivity index is 1.89. The highest BCUT2D eigenvalue weighted by molar-refractivity contribution is 6.08. The largest absolute Gasteiger partial charge is 0.497 e. The van der Waals surface area contributed by atoms with Crippen molar-refractivity contribution < 1.29 is 19.0 Å². The maximum Gasteiger partial charge on any atom is 0.266 e. The van der Waals surface area contributed by atoms with Crippen molar-refractivity contribution in [2.45, 2.75) is 12.5 Å². The number of anilines is 2. The van der Waals surface area contributed by atoms with E-state index in [1.165, 1.54) is 16.8 Å². The zero-order valence-corrected chi connectivity index (χ0v) is 14.7. The molecule has 0 saturated heterocycles. The van der Waals surface area contributed by atoms with Crippen LogP contribution in [0.1, 0.15) is 16.8 Å². The fourth-order valence-corrected chi connectivity index (χ4v) is 3.42. The highest BCUT2D eigenvalue weighted by Crippen LogP contribution is 2.44. The molecule has 0 radical (unpaired) electrons. The van der Waals surface area contributed by atoms with Crippen LogP contribution in [0, 0.1) is 12.7 Å². The van der Waals surface area contributed by atoms with Gasteiger partial charge in [0.25, 0.3) is 5.91 Å². The van der Waals surface area contributed by atoms with Crippen molar-refractivity contribution in [2.24, 2.45) is 0 Å². The molecule has 0 unspecified atom stereocenters. The number of benzene rings is 2. The molecule has 0 saturated carbocycles. The van der Waals surface area contributed by atoms with Crippen LogP contribution in [0.5, 0.6) is 5.75 Å². The summed E-state index contributed by atoms with van der Waals surface area (Å²) in [6.07, 6.45) is 0. The molecule has 1 aliphatic heterocycles. The summed E-state index contributed by atoms with van der Waals surface area (Å²) in [6, 6.07) is 10.7. The number of hydrogen-bond acceptors (Lipinski definition) is 5. The number of nitrogens with one attached hydrogen (secondary N) is 1. The van der Waals surface area contributed by atoms with E-state index in [1.54, 1.807) is 38.3 Å². The number of nitrogens with zero attached hydrogens (tertiary/aromatic N) is 2. The number of carbonyl (C=O) groups is 1. The van der Waals surface area contributed by atoms with Crippen molar-refractivity contribution in [1.82, 2.24) is 9.78 Å². The van der Waals surface area contributed by atoms with Gasteiger partial charge in [-0.15, -0.1) is 0 Å². The fraction of sp³-hybridized carbons (Fsp3) is 0.158. The van der Waals surface area contributed by atoms with Gasteiger partial charge in [-0.2, -0.15) is 5.10 Å². The lowest BCUT2D eigenvalue weighted by Gasteiger charge is -2.21. The Bertz CT molecular complexity index is 1060. The molecule has 2 aromatic carbocycles. The molecule has 0 fully saturated rings. The van der Waals surface area contributed by atoms with Gasteiger partial charge in [0.15, 0.2) is 0 Å². The van der Waals surface area contributed by atoms with Crippen molar-refractivity contribution in [2.75, 3.05) is 18.2 Å². The number of nitrogens with two attached hydrogens (primary N) is 1. The van der Waals surface area contributed by atoms with Gasteiger partial charge in [-0.1, -0.05) is 0 Å². The van der Waals surface area contributed by atoms with Crippen LogP contribution in [0.25, 0.3) is 5.69 Å². The number of aryl methyl sites for hydroxylation is 1. The summed E-state index contributed by atoms with van der Waals surface area (Å²) < 4.78 is 20.3. The molecular formula is C19H17FN4O3. The SMILES string of the molecule is COc1ccc(-n2nc(C)c([C@@]3(O)C(=O)Nc4ccc(F)cc43)c2N)cc1. The fourth-order valence-electron chi connectivity index (χ4n) is 3.42. The molecule has 8 heteroatoms. The Hall–Kier alpha value is -3.39. The lowest BCUT2D eigenvalue weighted by atomic mass is 9.87. The molecule has 2 heterocycles. The Morgan fingerprint density at radius 3 is 2.63 bits per heavy atom. The van der Waals surface area contributed by atoms with Crippen LogP contribution in [-0.2, 0) is 10.4 Å². The van der Waals surface area contributed by atoms with Crippen LogP contribution in [-0.4, -0.2) is 27.9 Å². The Morgan fingerprint density at radius 2 is 1.96 bits per heavy atom. The molecular weight excluding hydrogens is 351 g/mol. The Kier molecular flexibility index (Phi) is 3.67. The average molecular weight is 368 g/mol. The standard InChI is InChI=1S/C19H17FN4O3/c1-10-16(17(21)24(23-10)12-4-6-13(27-2)7-5-12)19(26)14-9-11(20)3-8-15(14)22-18(19)25/h3-9,26H,21H2,1-2H3,(H,22,25)/t19-/m1/s1. The minimum absolute atomic E-state index is 0.0902. The number of nitrogen functional groups attached to an aromatic ring is 1. The van der Waals surface area contributed by atoms with Gasteiger partial charge in [0.05, 0.1) is 24.1 Å². The molecule has 0 bridgehead atoms. The quantitative estimate of drug-likeness (QED) is 0.657. The van der Waals surface area contributed by atoms with Crippen LogP contribution >= 0.6 is 0 Å². The summed E-state index contributed by atoms with van der Waals surface area (Å²) in [4.78, 5) is 12.6. The molecule has 1 atom stereocenters. The monoisotopic (exact) mass is 368 g/mol. The first-order valence-electron chi connectivity index (χ1n) is 8.20. The van der Waals surface area contributed by atoms with Crippen molar-refractivity contribution in [3.05, 3.63) is 65.1 Å². The summed E-state index contributed by atoms with van der Waals surface area (Å²) in [5, 5.41) is 18.2. The average Bonchev–Trinajstić information content (AvgIpc) is 3.09. The molecule has 4 rings (SSSR count). The van der Waals surface area contributed by atoms with Gasteiger partial charge < -0.3 is 20.9 Å². The second-order valence-electron chi connectivity index (χ2n) is 6.31. The summed E-state index contributed by atoms with van der Waals surface area (Å²) in [5.41, 5.74) is 5.69. The second-order valence-corrected chi connectivity index (χ2v) is 6.31. The number of aliphatic hydroxyl groups is 1. The van der Waals surface area contributed by atoms with E-state index in [1.807, 2.05) is 0 Å². The summed E-state index contributed by atoms with van der Waals surface area (Å²) in [5.74, 6) is -0.512. The zero-order chi connectivity index (χ0) is 19.3. The van der Waals surface area contributed by atoms with E-state index >= 15 is 0 Å². The second kappa shape index (κ2) is 5.82. The van der Waals surface area contributed by atoms with Crippen molar-refractivity contribution in [3.8, 4) is 11.4 Å². The smallest absolute Gasteiger partial charge is 0.266 e. The molecule has 138 valence electrons. The molecule has 1 aromatic heterocycles. The number of ether oxygens (including phenoxy) is 1. The Labute approximate surface area is 154 Å². The number of hydrogen-bond donors (Lipinski definition) is 3. The lowest BCUT2D eigenvalue weighted by molar-refractivity contribution is -0.129. The van der Waals surface area contributed by atoms with Gasteiger partial charge in [-0.3, -0.25) is 4.79 Å². The van der Waals surface area contributed by atoms with E-state index in [4.69, 9.17) is 10.5 Å². The number of fused-ring (bicyclic) bond motifs is 1. The van der Waals surface area contributed by atoms with Gasteiger partial charge in [0.1, 0.15) is 17.4 Å². The maximum absolute atomic E-state index is 13.8. The van der Waals surface area contributed by atoms with Crippen LogP contribution in [0.4, 0.5) is 15.9 Å². The third-order valence-electron chi connectivity index (χ3n) is 4.72. The number of halogens is 1. The van der Waals surface area contributed by atoms with E-state index < -0.39 is 17.3 Å². The Morgan fingerprint density at radius 1 is 1.26 bits per heavy atom. The maximum atomic E-state index is 13.8. The van der Waals surface area contributed by atoms with Crippen LogP contribution in [0.15, 0.2) is 42.5 Å². The van der Waals surface area contributed by atoms with E-state index in [-0.39, 0.29) is 16.9 Å². The topological polar surface area (TPSA) is 102 Å². The molecule has 27 heavy (non-hydrogen) atoms. The van der Waals surface area contributed by atoms with E-state index in [0.717, 1.165) is 6.07 Å².